The molecule has 42 heavy (non-hydrogen) atoms. The maximum Gasteiger partial charge on any atom is 0.415 e. The van der Waals surface area contributed by atoms with Gasteiger partial charge in [0.25, 0.3) is 5.91 Å². The van der Waals surface area contributed by atoms with Gasteiger partial charge in [0, 0.05) is 49.3 Å². The van der Waals surface area contributed by atoms with Gasteiger partial charge in [-0.25, -0.2) is 9.59 Å². The molecule has 0 atom stereocenters. The monoisotopic (exact) mass is 594 g/mol. The SMILES string of the molecule is COc1cc(OC(=O)N(C)CCN(C)C)ccc1-c1ccc2c(c1COC(=O)c1ccc(C)s1)N(C)C(=O)C(C)(C)N2. The van der Waals surface area contributed by atoms with Gasteiger partial charge >= 0.3 is 12.1 Å². The third-order valence-electron chi connectivity index (χ3n) is 7.06. The maximum atomic E-state index is 13.3. The Bertz CT molecular complexity index is 1500. The molecule has 2 heterocycles. The van der Waals surface area contributed by atoms with Gasteiger partial charge in [-0.15, -0.1) is 11.3 Å². The molecule has 11 heteroatoms. The van der Waals surface area contributed by atoms with E-state index in [9.17, 15) is 14.4 Å². The van der Waals surface area contributed by atoms with Crippen molar-refractivity contribution in [3.8, 4) is 22.6 Å². The molecule has 2 aromatic carbocycles. The number of hydrogen-bond donors (Lipinski definition) is 1. The van der Waals surface area contributed by atoms with E-state index in [1.165, 1.54) is 23.3 Å². The van der Waals surface area contributed by atoms with Gasteiger partial charge in [0.1, 0.15) is 28.5 Å². The van der Waals surface area contributed by atoms with Crippen LogP contribution in [0.4, 0.5) is 16.2 Å². The maximum absolute atomic E-state index is 13.3. The first-order valence-corrected chi connectivity index (χ1v) is 14.4. The van der Waals surface area contributed by atoms with Crippen LogP contribution in [-0.4, -0.2) is 81.7 Å². The average molecular weight is 595 g/mol. The van der Waals surface area contributed by atoms with Crippen LogP contribution in [0.15, 0.2) is 42.5 Å². The van der Waals surface area contributed by atoms with E-state index in [1.807, 2.05) is 58.0 Å². The molecule has 0 aliphatic carbocycles. The molecule has 1 aliphatic heterocycles. The summed E-state index contributed by atoms with van der Waals surface area (Å²) >= 11 is 1.36. The molecule has 0 bridgehead atoms. The molecule has 0 unspecified atom stereocenters. The zero-order valence-corrected chi connectivity index (χ0v) is 26.2. The number of nitrogens with zero attached hydrogens (tertiary/aromatic N) is 3. The number of aryl methyl sites for hydroxylation is 1. The number of esters is 1. The molecule has 10 nitrogen and oxygen atoms in total. The molecule has 0 fully saturated rings. The van der Waals surface area contributed by atoms with E-state index in [0.29, 0.717) is 51.8 Å². The fourth-order valence-corrected chi connectivity index (χ4v) is 5.52. The Morgan fingerprint density at radius 3 is 2.38 bits per heavy atom. The van der Waals surface area contributed by atoms with E-state index in [-0.39, 0.29) is 12.5 Å². The number of fused-ring (bicyclic) bond motifs is 1. The number of rotatable bonds is 9. The van der Waals surface area contributed by atoms with Crippen LogP contribution in [0.5, 0.6) is 11.5 Å². The second kappa shape index (κ2) is 12.4. The van der Waals surface area contributed by atoms with Crippen LogP contribution in [0, 0.1) is 6.92 Å². The van der Waals surface area contributed by atoms with Crippen molar-refractivity contribution in [2.75, 3.05) is 58.6 Å². The standard InChI is InChI=1S/C31H38N4O6S/c1-19-9-14-26(42-19)28(36)40-18-23-21(12-13-24-27(23)35(7)29(37)31(2,3)32-24)22-11-10-20(17-25(22)39-8)41-30(38)34(6)16-15-33(4)5/h9-14,17,32H,15-16,18H2,1-8H3. The quantitative estimate of drug-likeness (QED) is 0.336. The Balaban J connectivity index is 1.72. The second-order valence-electron chi connectivity index (χ2n) is 11.0. The van der Waals surface area contributed by atoms with Gasteiger partial charge < -0.3 is 34.2 Å². The Hall–Kier alpha value is -4.09. The van der Waals surface area contributed by atoms with Crippen molar-refractivity contribution < 1.29 is 28.6 Å². The highest BCUT2D eigenvalue weighted by Gasteiger charge is 2.39. The predicted molar refractivity (Wildman–Crippen MR) is 165 cm³/mol. The molecule has 0 saturated heterocycles. The lowest BCUT2D eigenvalue weighted by atomic mass is 9.92. The largest absolute Gasteiger partial charge is 0.496 e. The van der Waals surface area contributed by atoms with Crippen molar-refractivity contribution in [2.45, 2.75) is 32.9 Å². The lowest BCUT2D eigenvalue weighted by molar-refractivity contribution is -0.121. The molecule has 0 saturated carbocycles. The first-order valence-electron chi connectivity index (χ1n) is 13.5. The molecule has 1 N–H and O–H groups in total. The Morgan fingerprint density at radius 2 is 1.74 bits per heavy atom. The second-order valence-corrected chi connectivity index (χ2v) is 12.3. The number of hydrogen-bond acceptors (Lipinski definition) is 9. The Morgan fingerprint density at radius 1 is 1.02 bits per heavy atom. The van der Waals surface area contributed by atoms with Crippen molar-refractivity contribution in [1.82, 2.24) is 9.80 Å². The Kier molecular flexibility index (Phi) is 9.12. The number of carbonyl (C=O) groups excluding carboxylic acids is 3. The molecule has 4 rings (SSSR count). The van der Waals surface area contributed by atoms with Gasteiger partial charge in [0.2, 0.25) is 0 Å². The Labute approximate surface area is 250 Å². The van der Waals surface area contributed by atoms with Crippen LogP contribution in [0.3, 0.4) is 0 Å². The smallest absolute Gasteiger partial charge is 0.415 e. The molecule has 0 radical (unpaired) electrons. The van der Waals surface area contributed by atoms with E-state index >= 15 is 0 Å². The molecule has 2 amide bonds. The third-order valence-corrected chi connectivity index (χ3v) is 8.04. The summed E-state index contributed by atoms with van der Waals surface area (Å²) in [6, 6.07) is 12.5. The van der Waals surface area contributed by atoms with Crippen LogP contribution in [0.1, 0.15) is 34.0 Å². The highest BCUT2D eigenvalue weighted by molar-refractivity contribution is 7.13. The van der Waals surface area contributed by atoms with Crippen LogP contribution in [0.2, 0.25) is 0 Å². The van der Waals surface area contributed by atoms with Crippen molar-refractivity contribution in [1.29, 1.82) is 0 Å². The summed E-state index contributed by atoms with van der Waals surface area (Å²) in [4.78, 5) is 45.4. The minimum atomic E-state index is -0.811. The number of likely N-dealkylation sites (N-methyl/N-ethyl adjacent to an activating group) is 3. The normalized spacial score (nSPS) is 13.8. The van der Waals surface area contributed by atoms with E-state index in [4.69, 9.17) is 14.2 Å². The van der Waals surface area contributed by atoms with Gasteiger partial charge in [0.05, 0.1) is 18.5 Å². The number of amides is 2. The summed E-state index contributed by atoms with van der Waals surface area (Å²) in [6.45, 7) is 6.71. The van der Waals surface area contributed by atoms with Crippen LogP contribution in [0.25, 0.3) is 11.1 Å². The molecule has 224 valence electrons. The van der Waals surface area contributed by atoms with Gasteiger partial charge in [-0.2, -0.15) is 0 Å². The summed E-state index contributed by atoms with van der Waals surface area (Å²) in [5.41, 5.74) is 2.59. The summed E-state index contributed by atoms with van der Waals surface area (Å²) < 4.78 is 17.1. The van der Waals surface area contributed by atoms with Crippen molar-refractivity contribution in [2.24, 2.45) is 0 Å². The molecule has 0 spiro atoms. The number of thiophene rings is 1. The minimum absolute atomic E-state index is 0.0788. The third kappa shape index (κ3) is 6.52. The zero-order chi connectivity index (χ0) is 30.8. The van der Waals surface area contributed by atoms with E-state index in [1.54, 1.807) is 43.3 Å². The molecular weight excluding hydrogens is 556 g/mol. The molecule has 3 aromatic rings. The lowest BCUT2D eigenvalue weighted by Gasteiger charge is -2.39. The summed E-state index contributed by atoms with van der Waals surface area (Å²) in [5, 5.41) is 3.32. The fraction of sp³-hybridized carbons (Fsp3) is 0.387. The van der Waals surface area contributed by atoms with Crippen molar-refractivity contribution in [3.05, 3.63) is 57.8 Å². The van der Waals surface area contributed by atoms with Gasteiger partial charge in [-0.1, -0.05) is 6.07 Å². The summed E-state index contributed by atoms with van der Waals surface area (Å²) in [5.74, 6) is 0.214. The van der Waals surface area contributed by atoms with E-state index in [0.717, 1.165) is 10.6 Å². The topological polar surface area (TPSA) is 101 Å². The van der Waals surface area contributed by atoms with Crippen molar-refractivity contribution >= 4 is 40.7 Å². The lowest BCUT2D eigenvalue weighted by Crippen LogP contribution is -2.52. The number of methoxy groups -OCH3 is 1. The number of carbonyl (C=O) groups is 3. The van der Waals surface area contributed by atoms with E-state index in [2.05, 4.69) is 5.32 Å². The first-order chi connectivity index (χ1) is 19.8. The summed E-state index contributed by atoms with van der Waals surface area (Å²) in [7, 11) is 8.81. The number of benzene rings is 2. The average Bonchev–Trinajstić information content (AvgIpc) is 3.39. The van der Waals surface area contributed by atoms with E-state index < -0.39 is 17.6 Å². The highest BCUT2D eigenvalue weighted by Crippen LogP contribution is 2.45. The van der Waals surface area contributed by atoms with Crippen LogP contribution in [-0.2, 0) is 16.1 Å². The summed E-state index contributed by atoms with van der Waals surface area (Å²) in [6.07, 6.45) is -0.481. The minimum Gasteiger partial charge on any atom is -0.496 e. The molecule has 1 aromatic heterocycles. The van der Waals surface area contributed by atoms with Gasteiger partial charge in [-0.3, -0.25) is 4.79 Å². The molecular formula is C31H38N4O6S. The number of anilines is 2. The van der Waals surface area contributed by atoms with Gasteiger partial charge in [0.15, 0.2) is 0 Å². The predicted octanol–water partition coefficient (Wildman–Crippen LogP) is 5.25. The first kappa shape index (κ1) is 30.9. The van der Waals surface area contributed by atoms with Crippen LogP contribution < -0.4 is 19.7 Å². The number of nitrogens with one attached hydrogen (secondary N) is 1. The van der Waals surface area contributed by atoms with Gasteiger partial charge in [-0.05, 0) is 70.8 Å². The zero-order valence-electron chi connectivity index (χ0n) is 25.4. The highest BCUT2D eigenvalue weighted by atomic mass is 32.1. The molecule has 1 aliphatic rings. The van der Waals surface area contributed by atoms with Crippen LogP contribution >= 0.6 is 11.3 Å². The van der Waals surface area contributed by atoms with Crippen molar-refractivity contribution in [3.63, 3.8) is 0 Å². The fourth-order valence-electron chi connectivity index (χ4n) is 4.76. The number of ether oxygens (including phenoxy) is 3.